The van der Waals surface area contributed by atoms with Crippen LogP contribution in [0.3, 0.4) is 0 Å². The molecule has 1 aliphatic rings. The highest BCUT2D eigenvalue weighted by Gasteiger charge is 2.19. The molecule has 0 aliphatic heterocycles. The van der Waals surface area contributed by atoms with Crippen LogP contribution >= 0.6 is 0 Å². The van der Waals surface area contributed by atoms with E-state index in [9.17, 15) is 0 Å². The number of aromatic nitrogens is 4. The third-order valence-corrected chi connectivity index (χ3v) is 4.53. The van der Waals surface area contributed by atoms with Crippen LogP contribution in [0.4, 0.5) is 0 Å². The quantitative estimate of drug-likeness (QED) is 0.833. The van der Waals surface area contributed by atoms with Crippen molar-refractivity contribution in [3.05, 3.63) is 5.82 Å². The second-order valence-electron chi connectivity index (χ2n) is 6.35. The van der Waals surface area contributed by atoms with Crippen molar-refractivity contribution in [2.45, 2.75) is 71.9 Å². The fourth-order valence-corrected chi connectivity index (χ4v) is 3.06. The maximum atomic E-state index is 4.18. The summed E-state index contributed by atoms with van der Waals surface area (Å²) >= 11 is 0. The van der Waals surface area contributed by atoms with E-state index in [1.165, 1.54) is 32.1 Å². The minimum absolute atomic E-state index is 0.233. The molecule has 2 rings (SSSR count). The summed E-state index contributed by atoms with van der Waals surface area (Å²) < 4.78 is 1.99. The minimum atomic E-state index is 0.233. The summed E-state index contributed by atoms with van der Waals surface area (Å²) in [6, 6.07) is 0.233. The molecule has 0 amide bonds. The Labute approximate surface area is 122 Å². The van der Waals surface area contributed by atoms with Crippen LogP contribution in [0.15, 0.2) is 0 Å². The van der Waals surface area contributed by atoms with Gasteiger partial charge in [0.05, 0.1) is 6.04 Å². The van der Waals surface area contributed by atoms with Gasteiger partial charge in [-0.15, -0.1) is 5.10 Å². The second-order valence-corrected chi connectivity index (χ2v) is 6.35. The van der Waals surface area contributed by atoms with Gasteiger partial charge in [-0.25, -0.2) is 4.68 Å². The van der Waals surface area contributed by atoms with Crippen LogP contribution in [-0.2, 0) is 6.54 Å². The van der Waals surface area contributed by atoms with Gasteiger partial charge in [-0.05, 0) is 48.6 Å². The van der Waals surface area contributed by atoms with Crippen molar-refractivity contribution in [2.24, 2.45) is 11.8 Å². The van der Waals surface area contributed by atoms with Crippen LogP contribution in [-0.4, -0.2) is 26.8 Å². The lowest BCUT2D eigenvalue weighted by Gasteiger charge is -2.26. The Hall–Kier alpha value is -0.970. The molecule has 1 saturated carbocycles. The molecular formula is C15H29N5. The summed E-state index contributed by atoms with van der Waals surface area (Å²) in [6.45, 7) is 8.65. The first-order valence-corrected chi connectivity index (χ1v) is 8.20. The number of hydrogen-bond donors (Lipinski definition) is 1. The molecule has 20 heavy (non-hydrogen) atoms. The molecular weight excluding hydrogens is 250 g/mol. The predicted octanol–water partition coefficient (Wildman–Crippen LogP) is 2.95. The van der Waals surface area contributed by atoms with Crippen LogP contribution in [0.5, 0.6) is 0 Å². The highest BCUT2D eigenvalue weighted by atomic mass is 15.5. The zero-order valence-corrected chi connectivity index (χ0v) is 13.2. The smallest absolute Gasteiger partial charge is 0.167 e. The maximum absolute atomic E-state index is 4.18. The first-order chi connectivity index (χ1) is 9.70. The lowest BCUT2D eigenvalue weighted by molar-refractivity contribution is 0.263. The highest BCUT2D eigenvalue weighted by Crippen LogP contribution is 2.30. The molecule has 1 N–H and O–H groups in total. The van der Waals surface area contributed by atoms with E-state index < -0.39 is 0 Å². The molecule has 114 valence electrons. The second kappa shape index (κ2) is 7.72. The van der Waals surface area contributed by atoms with E-state index in [2.05, 4.69) is 41.6 Å². The van der Waals surface area contributed by atoms with Crippen LogP contribution in [0.2, 0.25) is 0 Å². The van der Waals surface area contributed by atoms with Gasteiger partial charge >= 0.3 is 0 Å². The van der Waals surface area contributed by atoms with Gasteiger partial charge in [0.25, 0.3) is 0 Å². The van der Waals surface area contributed by atoms with Gasteiger partial charge in [0, 0.05) is 6.54 Å². The normalized spacial score (nSPS) is 24.8. The number of rotatable bonds is 7. The van der Waals surface area contributed by atoms with E-state index in [0.29, 0.717) is 0 Å². The van der Waals surface area contributed by atoms with E-state index in [-0.39, 0.29) is 6.04 Å². The van der Waals surface area contributed by atoms with Crippen molar-refractivity contribution in [3.8, 4) is 0 Å². The molecule has 1 aromatic heterocycles. The van der Waals surface area contributed by atoms with Gasteiger partial charge in [0.1, 0.15) is 0 Å². The summed E-state index contributed by atoms with van der Waals surface area (Å²) in [5, 5.41) is 15.6. The summed E-state index contributed by atoms with van der Waals surface area (Å²) in [5.74, 6) is 2.76. The molecule has 5 heteroatoms. The number of nitrogens with one attached hydrogen (secondary N) is 1. The zero-order valence-electron chi connectivity index (χ0n) is 13.2. The van der Waals surface area contributed by atoms with E-state index >= 15 is 0 Å². The molecule has 0 bridgehead atoms. The molecule has 0 aromatic carbocycles. The van der Waals surface area contributed by atoms with Crippen molar-refractivity contribution in [1.82, 2.24) is 25.5 Å². The fourth-order valence-electron chi connectivity index (χ4n) is 3.06. The van der Waals surface area contributed by atoms with Crippen molar-refractivity contribution in [2.75, 3.05) is 6.54 Å². The minimum Gasteiger partial charge on any atom is -0.307 e. The first-order valence-electron chi connectivity index (χ1n) is 8.20. The average molecular weight is 279 g/mol. The summed E-state index contributed by atoms with van der Waals surface area (Å²) in [7, 11) is 0. The molecule has 1 fully saturated rings. The molecule has 1 aromatic rings. The molecule has 1 heterocycles. The SMILES string of the molecule is CCCNC(C)c1nnnn1CCC1CCC(C)CC1. The van der Waals surface area contributed by atoms with Crippen molar-refractivity contribution in [1.29, 1.82) is 0 Å². The molecule has 1 unspecified atom stereocenters. The summed E-state index contributed by atoms with van der Waals surface area (Å²) in [5.41, 5.74) is 0. The first kappa shape index (κ1) is 15.4. The third kappa shape index (κ3) is 4.27. The van der Waals surface area contributed by atoms with E-state index in [1.807, 2.05) is 4.68 Å². The van der Waals surface area contributed by atoms with Gasteiger partial charge in [-0.1, -0.05) is 39.5 Å². The lowest BCUT2D eigenvalue weighted by Crippen LogP contribution is -2.24. The summed E-state index contributed by atoms with van der Waals surface area (Å²) in [4.78, 5) is 0. The monoisotopic (exact) mass is 279 g/mol. The van der Waals surface area contributed by atoms with Gasteiger partial charge < -0.3 is 5.32 Å². The van der Waals surface area contributed by atoms with Crippen LogP contribution in [0.25, 0.3) is 0 Å². The predicted molar refractivity (Wildman–Crippen MR) is 80.3 cm³/mol. The Morgan fingerprint density at radius 2 is 2.05 bits per heavy atom. The number of tetrazole rings is 1. The molecule has 1 aliphatic carbocycles. The van der Waals surface area contributed by atoms with Gasteiger partial charge in [-0.3, -0.25) is 0 Å². The lowest BCUT2D eigenvalue weighted by atomic mass is 9.81. The van der Waals surface area contributed by atoms with Crippen molar-refractivity contribution >= 4 is 0 Å². The summed E-state index contributed by atoms with van der Waals surface area (Å²) in [6.07, 6.45) is 7.88. The van der Waals surface area contributed by atoms with Crippen molar-refractivity contribution < 1.29 is 0 Å². The Balaban J connectivity index is 1.82. The fraction of sp³-hybridized carbons (Fsp3) is 0.933. The number of aryl methyl sites for hydroxylation is 1. The topological polar surface area (TPSA) is 55.6 Å². The Kier molecular flexibility index (Phi) is 5.95. The van der Waals surface area contributed by atoms with Crippen molar-refractivity contribution in [3.63, 3.8) is 0 Å². The van der Waals surface area contributed by atoms with E-state index in [1.54, 1.807) is 0 Å². The maximum Gasteiger partial charge on any atom is 0.167 e. The average Bonchev–Trinajstić information content (AvgIpc) is 2.92. The Bertz CT molecular complexity index is 381. The molecule has 0 spiro atoms. The third-order valence-electron chi connectivity index (χ3n) is 4.53. The largest absolute Gasteiger partial charge is 0.307 e. The Morgan fingerprint density at radius 1 is 1.30 bits per heavy atom. The molecule has 5 nitrogen and oxygen atoms in total. The van der Waals surface area contributed by atoms with Crippen LogP contribution in [0, 0.1) is 11.8 Å². The van der Waals surface area contributed by atoms with Gasteiger partial charge in [-0.2, -0.15) is 0 Å². The number of hydrogen-bond acceptors (Lipinski definition) is 4. The van der Waals surface area contributed by atoms with Gasteiger partial charge in [0.2, 0.25) is 0 Å². The van der Waals surface area contributed by atoms with E-state index in [4.69, 9.17) is 0 Å². The van der Waals surface area contributed by atoms with E-state index in [0.717, 1.165) is 37.2 Å². The molecule has 1 atom stereocenters. The van der Waals surface area contributed by atoms with Gasteiger partial charge in [0.15, 0.2) is 5.82 Å². The standard InChI is InChI=1S/C15H29N5/c1-4-10-16-13(3)15-17-18-19-20(15)11-9-14-7-5-12(2)6-8-14/h12-14,16H,4-11H2,1-3H3. The molecule has 0 radical (unpaired) electrons. The van der Waals surface area contributed by atoms with Crippen LogP contribution in [0.1, 0.15) is 71.2 Å². The Morgan fingerprint density at radius 3 is 2.75 bits per heavy atom. The zero-order chi connectivity index (χ0) is 14.4. The highest BCUT2D eigenvalue weighted by molar-refractivity contribution is 4.89. The van der Waals surface area contributed by atoms with Crippen LogP contribution < -0.4 is 5.32 Å². The molecule has 0 saturated heterocycles. The number of nitrogens with zero attached hydrogens (tertiary/aromatic N) is 4.